The number of imidazole rings is 1. The highest BCUT2D eigenvalue weighted by Crippen LogP contribution is 2.44. The van der Waals surface area contributed by atoms with Gasteiger partial charge in [-0.2, -0.15) is 13.2 Å². The van der Waals surface area contributed by atoms with Crippen LogP contribution >= 0.6 is 0 Å². The number of hydrogen-bond donors (Lipinski definition) is 1. The Morgan fingerprint density at radius 2 is 1.32 bits per heavy atom. The van der Waals surface area contributed by atoms with Gasteiger partial charge in [0.25, 0.3) is 0 Å². The van der Waals surface area contributed by atoms with Gasteiger partial charge < -0.3 is 4.98 Å². The fourth-order valence-corrected chi connectivity index (χ4v) is 9.85. The predicted molar refractivity (Wildman–Crippen MR) is 260 cm³/mol. The van der Waals surface area contributed by atoms with Crippen LogP contribution in [0.3, 0.4) is 0 Å². The molecule has 0 aliphatic rings. The normalized spacial score (nSPS) is 12.7. The number of pyridine rings is 1. The smallest absolute Gasteiger partial charge is 0.354 e. The molecule has 4 heterocycles. The first-order chi connectivity index (χ1) is 31.2. The van der Waals surface area contributed by atoms with Crippen LogP contribution in [0.4, 0.5) is 13.2 Å². The summed E-state index contributed by atoms with van der Waals surface area (Å²) in [6, 6.07) is 52.6. The Kier molecular flexibility index (Phi) is 9.02. The summed E-state index contributed by atoms with van der Waals surface area (Å²) in [5.74, 6) is 1.52. The number of alkyl halides is 3. The summed E-state index contributed by atoms with van der Waals surface area (Å²) >= 11 is 0. The van der Waals surface area contributed by atoms with Gasteiger partial charge in [-0.3, -0.25) is 9.13 Å². The first kappa shape index (κ1) is 40.3. The zero-order valence-electron chi connectivity index (χ0n) is 37.0. The van der Waals surface area contributed by atoms with Crippen molar-refractivity contribution in [2.45, 2.75) is 58.5 Å². The molecule has 4 aromatic heterocycles. The van der Waals surface area contributed by atoms with Crippen LogP contribution in [0.1, 0.15) is 62.4 Å². The Bertz CT molecular complexity index is 3660. The first-order valence-corrected chi connectivity index (χ1v) is 22.0. The second kappa shape index (κ2) is 14.5. The van der Waals surface area contributed by atoms with Gasteiger partial charge in [0.2, 0.25) is 0 Å². The van der Waals surface area contributed by atoms with Gasteiger partial charge in [0.15, 0.2) is 0 Å². The van der Waals surface area contributed by atoms with Crippen LogP contribution in [-0.4, -0.2) is 24.1 Å². The molecular formula is C57H46F3N5. The van der Waals surface area contributed by atoms with E-state index in [2.05, 4.69) is 171 Å². The highest BCUT2D eigenvalue weighted by molar-refractivity contribution is 6.15. The third kappa shape index (κ3) is 6.53. The number of fused-ring (bicyclic) bond motifs is 7. The Hall–Kier alpha value is -7.45. The van der Waals surface area contributed by atoms with Crippen molar-refractivity contribution in [2.75, 3.05) is 0 Å². The molecule has 0 bridgehead atoms. The molecule has 7 aromatic carbocycles. The lowest BCUT2D eigenvalue weighted by atomic mass is 9.78. The van der Waals surface area contributed by atoms with Crippen molar-refractivity contribution in [2.24, 2.45) is 0 Å². The van der Waals surface area contributed by atoms with Gasteiger partial charge in [-0.25, -0.2) is 9.97 Å². The molecule has 0 fully saturated rings. The third-order valence-electron chi connectivity index (χ3n) is 13.3. The summed E-state index contributed by atoms with van der Waals surface area (Å²) < 4.78 is 47.0. The van der Waals surface area contributed by atoms with Crippen LogP contribution in [0.15, 0.2) is 164 Å². The molecule has 320 valence electrons. The molecule has 0 atom stereocenters. The topological polar surface area (TPSA) is 51.4 Å². The van der Waals surface area contributed by atoms with Gasteiger partial charge in [0.1, 0.15) is 11.6 Å². The Labute approximate surface area is 374 Å². The van der Waals surface area contributed by atoms with Crippen molar-refractivity contribution in [3.8, 4) is 34.0 Å². The van der Waals surface area contributed by atoms with Crippen molar-refractivity contribution in [1.82, 2.24) is 24.1 Å². The molecular weight excluding hydrogens is 812 g/mol. The highest BCUT2D eigenvalue weighted by Gasteiger charge is 2.32. The van der Waals surface area contributed by atoms with E-state index < -0.39 is 11.7 Å². The van der Waals surface area contributed by atoms with Crippen LogP contribution < -0.4 is 0 Å². The van der Waals surface area contributed by atoms with Crippen molar-refractivity contribution in [1.29, 1.82) is 0 Å². The van der Waals surface area contributed by atoms with Gasteiger partial charge in [0.05, 0.1) is 33.1 Å². The molecule has 0 spiro atoms. The minimum Gasteiger partial charge on any atom is -0.354 e. The number of aromatic nitrogens is 5. The Morgan fingerprint density at radius 3 is 2.08 bits per heavy atom. The number of rotatable bonds is 6. The molecule has 1 N–H and O–H groups in total. The highest BCUT2D eigenvalue weighted by atomic mass is 19.4. The second-order valence-corrected chi connectivity index (χ2v) is 18.8. The van der Waals surface area contributed by atoms with Gasteiger partial charge >= 0.3 is 6.18 Å². The van der Waals surface area contributed by atoms with E-state index in [1.54, 1.807) is 6.07 Å². The van der Waals surface area contributed by atoms with Gasteiger partial charge in [0, 0.05) is 55.5 Å². The fourth-order valence-electron chi connectivity index (χ4n) is 9.85. The maximum Gasteiger partial charge on any atom is 0.416 e. The quantitative estimate of drug-likeness (QED) is 0.181. The maximum atomic E-state index is 14.2. The van der Waals surface area contributed by atoms with E-state index in [0.717, 1.165) is 89.1 Å². The van der Waals surface area contributed by atoms with Gasteiger partial charge in [-0.1, -0.05) is 125 Å². The van der Waals surface area contributed by atoms with E-state index in [4.69, 9.17) is 9.97 Å². The largest absolute Gasteiger partial charge is 0.416 e. The lowest BCUT2D eigenvalue weighted by Crippen LogP contribution is -2.19. The summed E-state index contributed by atoms with van der Waals surface area (Å²) in [5.41, 5.74) is 12.1. The minimum absolute atomic E-state index is 0.262. The van der Waals surface area contributed by atoms with Crippen molar-refractivity contribution < 1.29 is 13.2 Å². The maximum absolute atomic E-state index is 14.2. The number of aryl methyl sites for hydroxylation is 1. The van der Waals surface area contributed by atoms with Gasteiger partial charge in [-0.15, -0.1) is 0 Å². The van der Waals surface area contributed by atoms with E-state index in [0.29, 0.717) is 16.7 Å². The van der Waals surface area contributed by atoms with E-state index in [1.165, 1.54) is 17.2 Å². The second-order valence-electron chi connectivity index (χ2n) is 18.8. The molecule has 0 unspecified atom stereocenters. The zero-order valence-corrected chi connectivity index (χ0v) is 37.0. The number of aromatic amines is 1. The molecule has 0 saturated carbocycles. The number of hydrogen-bond acceptors (Lipinski definition) is 2. The SMILES string of the molecule is Cc1ccc2c(c1)c1ccc(-c3cccc4c3nc(-c3ccc(C(C)(C)C)c5c3[nH]c3ccc(C(F)(F)F)cc35)n4-c3ccccc3)cc1n2-c1cc(C(C)(C)c2ccccc2)ccn1. The van der Waals surface area contributed by atoms with Crippen LogP contribution in [0, 0.1) is 6.92 Å². The number of para-hydroxylation sites is 2. The number of H-pyrrole nitrogens is 1. The van der Waals surface area contributed by atoms with Crippen molar-refractivity contribution >= 4 is 54.6 Å². The summed E-state index contributed by atoms with van der Waals surface area (Å²) in [4.78, 5) is 14.1. The average molecular weight is 858 g/mol. The summed E-state index contributed by atoms with van der Waals surface area (Å²) in [7, 11) is 0. The number of halogens is 3. The molecule has 0 radical (unpaired) electrons. The van der Waals surface area contributed by atoms with E-state index in [-0.39, 0.29) is 10.8 Å². The molecule has 11 rings (SSSR count). The summed E-state index contributed by atoms with van der Waals surface area (Å²) in [6.45, 7) is 12.9. The Balaban J connectivity index is 1.15. The minimum atomic E-state index is -4.48. The van der Waals surface area contributed by atoms with Gasteiger partial charge in [-0.05, 0) is 107 Å². The van der Waals surface area contributed by atoms with E-state index in [1.807, 2.05) is 30.5 Å². The lowest BCUT2D eigenvalue weighted by molar-refractivity contribution is -0.137. The molecule has 65 heavy (non-hydrogen) atoms. The zero-order chi connectivity index (χ0) is 45.0. The number of nitrogens with zero attached hydrogens (tertiary/aromatic N) is 4. The molecule has 0 aliphatic heterocycles. The molecule has 0 saturated heterocycles. The standard InChI is InChI=1S/C57H46F3N5/c1-34-20-27-47-43(30-34)41-23-21-35(31-49(41)65(47)50-33-37(28-29-61-50)56(5,6)36-14-9-7-10-15-36)40-18-13-19-48-52(40)63-54(64(48)39-16-11-8-12-17-39)42-24-25-45(55(2,3)4)51-44-32-38(57(58,59)60)22-26-46(44)62-53(42)51/h7-33,62H,1-6H3. The molecule has 0 amide bonds. The van der Waals surface area contributed by atoms with Crippen LogP contribution in [-0.2, 0) is 17.0 Å². The predicted octanol–water partition coefficient (Wildman–Crippen LogP) is 15.4. The summed E-state index contributed by atoms with van der Waals surface area (Å²) in [5, 5.41) is 3.57. The fraction of sp³-hybridized carbons (Fsp3) is 0.158. The van der Waals surface area contributed by atoms with Crippen molar-refractivity contribution in [3.63, 3.8) is 0 Å². The first-order valence-electron chi connectivity index (χ1n) is 22.0. The lowest BCUT2D eigenvalue weighted by Gasteiger charge is -2.26. The molecule has 0 aliphatic carbocycles. The number of nitrogens with one attached hydrogen (secondary N) is 1. The molecule has 11 aromatic rings. The Morgan fingerprint density at radius 1 is 0.554 bits per heavy atom. The van der Waals surface area contributed by atoms with E-state index in [9.17, 15) is 13.2 Å². The molecule has 5 nitrogen and oxygen atoms in total. The summed E-state index contributed by atoms with van der Waals surface area (Å²) in [6.07, 6.45) is -2.57. The monoisotopic (exact) mass is 857 g/mol. The van der Waals surface area contributed by atoms with Crippen LogP contribution in [0.2, 0.25) is 0 Å². The molecule has 8 heteroatoms. The average Bonchev–Trinajstić information content (AvgIpc) is 3.98. The van der Waals surface area contributed by atoms with Crippen LogP contribution in [0.25, 0.3) is 88.7 Å². The van der Waals surface area contributed by atoms with E-state index >= 15 is 0 Å². The third-order valence-corrected chi connectivity index (χ3v) is 13.3. The van der Waals surface area contributed by atoms with Crippen LogP contribution in [0.5, 0.6) is 0 Å². The van der Waals surface area contributed by atoms with Crippen molar-refractivity contribution in [3.05, 3.63) is 192 Å². The number of benzene rings is 7.